The molecular formula is C10H10BFO4. The molecule has 1 aliphatic rings. The summed E-state index contributed by atoms with van der Waals surface area (Å²) in [6, 6.07) is 2.77. The summed E-state index contributed by atoms with van der Waals surface area (Å²) >= 11 is 0. The SMILES string of the molecule is O=C(O)CCc1cc2c(cc1F)B(O)OC2. The minimum atomic E-state index is -1.07. The third-order valence-electron chi connectivity index (χ3n) is 2.58. The van der Waals surface area contributed by atoms with E-state index in [0.29, 0.717) is 16.6 Å². The van der Waals surface area contributed by atoms with Crippen LogP contribution in [0.15, 0.2) is 12.1 Å². The van der Waals surface area contributed by atoms with Crippen molar-refractivity contribution in [3.05, 3.63) is 29.1 Å². The van der Waals surface area contributed by atoms with Crippen molar-refractivity contribution in [1.29, 1.82) is 0 Å². The first-order valence-corrected chi connectivity index (χ1v) is 4.90. The fourth-order valence-corrected chi connectivity index (χ4v) is 1.73. The van der Waals surface area contributed by atoms with Crippen LogP contribution >= 0.6 is 0 Å². The van der Waals surface area contributed by atoms with Crippen molar-refractivity contribution in [2.24, 2.45) is 0 Å². The number of aliphatic carboxylic acids is 1. The molecule has 0 atom stereocenters. The average Bonchev–Trinajstić information content (AvgIpc) is 2.57. The molecule has 0 amide bonds. The zero-order valence-electron chi connectivity index (χ0n) is 8.44. The number of hydrogen-bond acceptors (Lipinski definition) is 3. The molecule has 84 valence electrons. The topological polar surface area (TPSA) is 66.8 Å². The number of fused-ring (bicyclic) bond motifs is 1. The number of rotatable bonds is 3. The van der Waals surface area contributed by atoms with Crippen molar-refractivity contribution in [2.45, 2.75) is 19.4 Å². The highest BCUT2D eigenvalue weighted by Crippen LogP contribution is 2.16. The van der Waals surface area contributed by atoms with Crippen LogP contribution in [-0.4, -0.2) is 23.2 Å². The molecule has 4 nitrogen and oxygen atoms in total. The van der Waals surface area contributed by atoms with Crippen LogP contribution in [0.25, 0.3) is 0 Å². The third kappa shape index (κ3) is 2.07. The minimum Gasteiger partial charge on any atom is -0.481 e. The Hall–Kier alpha value is -1.40. The predicted octanol–water partition coefficient (Wildman–Crippen LogP) is 0.0606. The largest absolute Gasteiger partial charge is 0.491 e. The smallest absolute Gasteiger partial charge is 0.481 e. The lowest BCUT2D eigenvalue weighted by atomic mass is 9.79. The normalized spacial score (nSPS) is 14.0. The van der Waals surface area contributed by atoms with Gasteiger partial charge in [0.1, 0.15) is 5.82 Å². The zero-order valence-corrected chi connectivity index (χ0v) is 8.44. The van der Waals surface area contributed by atoms with Crippen LogP contribution in [0.2, 0.25) is 0 Å². The van der Waals surface area contributed by atoms with Gasteiger partial charge in [-0.3, -0.25) is 4.79 Å². The standard InChI is InChI=1S/C10H10BFO4/c12-9-4-8-7(5-16-11(8)15)3-6(9)1-2-10(13)14/h3-4,15H,1-2,5H2,(H,13,14). The quantitative estimate of drug-likeness (QED) is 0.712. The lowest BCUT2D eigenvalue weighted by Gasteiger charge is -2.05. The molecule has 6 heteroatoms. The number of carboxylic acid groups (broad SMARTS) is 1. The molecular weight excluding hydrogens is 214 g/mol. The van der Waals surface area contributed by atoms with Gasteiger partial charge in [0.25, 0.3) is 0 Å². The van der Waals surface area contributed by atoms with E-state index in [0.717, 1.165) is 0 Å². The Labute approximate surface area is 91.8 Å². The summed E-state index contributed by atoms with van der Waals surface area (Å²) in [5, 5.41) is 17.8. The van der Waals surface area contributed by atoms with Gasteiger partial charge in [-0.25, -0.2) is 4.39 Å². The van der Waals surface area contributed by atoms with Crippen LogP contribution in [0.3, 0.4) is 0 Å². The minimum absolute atomic E-state index is 0.112. The number of hydrogen-bond donors (Lipinski definition) is 2. The summed E-state index contributed by atoms with van der Waals surface area (Å²) in [5.74, 6) is -1.46. The van der Waals surface area contributed by atoms with Crippen molar-refractivity contribution in [1.82, 2.24) is 0 Å². The van der Waals surface area contributed by atoms with Gasteiger partial charge < -0.3 is 14.8 Å². The first kappa shape index (κ1) is 11.1. The molecule has 1 heterocycles. The lowest BCUT2D eigenvalue weighted by molar-refractivity contribution is -0.136. The monoisotopic (exact) mass is 224 g/mol. The molecule has 0 aromatic heterocycles. The molecule has 0 radical (unpaired) electrons. The average molecular weight is 224 g/mol. The van der Waals surface area contributed by atoms with Gasteiger partial charge in [0.05, 0.1) is 6.61 Å². The van der Waals surface area contributed by atoms with Gasteiger partial charge in [-0.05, 0) is 29.1 Å². The summed E-state index contributed by atoms with van der Waals surface area (Å²) in [5.41, 5.74) is 1.49. The molecule has 0 saturated heterocycles. The van der Waals surface area contributed by atoms with Crippen LogP contribution in [0.1, 0.15) is 17.5 Å². The third-order valence-corrected chi connectivity index (χ3v) is 2.58. The molecule has 1 aliphatic heterocycles. The van der Waals surface area contributed by atoms with E-state index in [1.807, 2.05) is 0 Å². The van der Waals surface area contributed by atoms with Gasteiger partial charge in [0.2, 0.25) is 0 Å². The molecule has 0 aliphatic carbocycles. The summed E-state index contributed by atoms with van der Waals surface area (Å²) in [4.78, 5) is 10.4. The van der Waals surface area contributed by atoms with E-state index in [1.165, 1.54) is 6.07 Å². The van der Waals surface area contributed by atoms with Crippen LogP contribution in [0.4, 0.5) is 4.39 Å². The first-order chi connectivity index (χ1) is 7.58. The number of carbonyl (C=O) groups is 1. The fourth-order valence-electron chi connectivity index (χ4n) is 1.73. The van der Waals surface area contributed by atoms with Gasteiger partial charge in [-0.15, -0.1) is 0 Å². The van der Waals surface area contributed by atoms with Gasteiger partial charge in [-0.2, -0.15) is 0 Å². The van der Waals surface area contributed by atoms with Crippen LogP contribution in [-0.2, 0) is 22.5 Å². The van der Waals surface area contributed by atoms with E-state index in [-0.39, 0.29) is 19.4 Å². The summed E-state index contributed by atoms with van der Waals surface area (Å²) in [6.45, 7) is 0.233. The number of carboxylic acids is 1. The van der Waals surface area contributed by atoms with Gasteiger partial charge >= 0.3 is 13.1 Å². The molecule has 16 heavy (non-hydrogen) atoms. The molecule has 0 fully saturated rings. The summed E-state index contributed by atoms with van der Waals surface area (Å²) in [7, 11) is -1.07. The molecule has 1 aromatic rings. The highest BCUT2D eigenvalue weighted by Gasteiger charge is 2.28. The molecule has 0 saturated carbocycles. The van der Waals surface area contributed by atoms with E-state index in [2.05, 4.69) is 0 Å². The van der Waals surface area contributed by atoms with Crippen molar-refractivity contribution < 1.29 is 24.0 Å². The Kier molecular flexibility index (Phi) is 2.94. The fraction of sp³-hybridized carbons (Fsp3) is 0.300. The second-order valence-electron chi connectivity index (χ2n) is 3.70. The Bertz CT molecular complexity index is 435. The molecule has 0 bridgehead atoms. The van der Waals surface area contributed by atoms with E-state index in [9.17, 15) is 14.2 Å². The lowest BCUT2D eigenvalue weighted by Crippen LogP contribution is -2.28. The van der Waals surface area contributed by atoms with Gasteiger partial charge in [0.15, 0.2) is 0 Å². The Morgan fingerprint density at radius 2 is 2.31 bits per heavy atom. The summed E-state index contributed by atoms with van der Waals surface area (Å²) in [6.07, 6.45) is 0.0314. The van der Waals surface area contributed by atoms with E-state index < -0.39 is 18.9 Å². The highest BCUT2D eigenvalue weighted by molar-refractivity contribution is 6.61. The number of halogens is 1. The maximum absolute atomic E-state index is 13.5. The molecule has 0 unspecified atom stereocenters. The molecule has 1 aromatic carbocycles. The maximum atomic E-state index is 13.5. The van der Waals surface area contributed by atoms with E-state index in [1.54, 1.807) is 6.07 Å². The van der Waals surface area contributed by atoms with Crippen LogP contribution in [0, 0.1) is 5.82 Å². The second kappa shape index (κ2) is 4.23. The molecule has 2 N–H and O–H groups in total. The molecule has 0 spiro atoms. The Morgan fingerprint density at radius 3 is 3.00 bits per heavy atom. The van der Waals surface area contributed by atoms with Crippen molar-refractivity contribution in [3.8, 4) is 0 Å². The second-order valence-corrected chi connectivity index (χ2v) is 3.70. The van der Waals surface area contributed by atoms with Gasteiger partial charge in [0, 0.05) is 6.42 Å². The highest BCUT2D eigenvalue weighted by atomic mass is 19.1. The predicted molar refractivity (Wildman–Crippen MR) is 54.8 cm³/mol. The maximum Gasteiger partial charge on any atom is 0.491 e. The first-order valence-electron chi connectivity index (χ1n) is 4.90. The Balaban J connectivity index is 2.24. The molecule has 2 rings (SSSR count). The van der Waals surface area contributed by atoms with Crippen molar-refractivity contribution >= 4 is 18.6 Å². The van der Waals surface area contributed by atoms with Crippen LogP contribution < -0.4 is 5.46 Å². The van der Waals surface area contributed by atoms with E-state index in [4.69, 9.17) is 9.76 Å². The van der Waals surface area contributed by atoms with E-state index >= 15 is 0 Å². The number of aryl methyl sites for hydroxylation is 1. The Morgan fingerprint density at radius 1 is 1.56 bits per heavy atom. The van der Waals surface area contributed by atoms with Crippen molar-refractivity contribution in [3.63, 3.8) is 0 Å². The zero-order chi connectivity index (χ0) is 11.7. The summed E-state index contributed by atoms with van der Waals surface area (Å²) < 4.78 is 18.4. The van der Waals surface area contributed by atoms with Gasteiger partial charge in [-0.1, -0.05) is 6.07 Å². The van der Waals surface area contributed by atoms with Crippen molar-refractivity contribution in [2.75, 3.05) is 0 Å². The van der Waals surface area contributed by atoms with Crippen LogP contribution in [0.5, 0.6) is 0 Å². The number of benzene rings is 1.